The van der Waals surface area contributed by atoms with E-state index in [0.717, 1.165) is 5.56 Å². The summed E-state index contributed by atoms with van der Waals surface area (Å²) in [6.07, 6.45) is -1.07. The topological polar surface area (TPSA) is 62.6 Å². The summed E-state index contributed by atoms with van der Waals surface area (Å²) >= 11 is 0. The summed E-state index contributed by atoms with van der Waals surface area (Å²) in [6.45, 7) is 2.23. The number of benzene rings is 2. The van der Waals surface area contributed by atoms with Gasteiger partial charge in [-0.25, -0.2) is 0 Å². The van der Waals surface area contributed by atoms with E-state index in [1.165, 1.54) is 0 Å². The van der Waals surface area contributed by atoms with Crippen LogP contribution in [0, 0.1) is 11.3 Å². The highest BCUT2D eigenvalue weighted by Crippen LogP contribution is 2.33. The van der Waals surface area contributed by atoms with E-state index in [9.17, 15) is 4.79 Å². The molecular weight excluding hydrogens is 304 g/mol. The minimum absolute atomic E-state index is 0.153. The zero-order chi connectivity index (χ0) is 17.1. The molecule has 0 bridgehead atoms. The molecule has 1 amide bonds. The highest BCUT2D eigenvalue weighted by molar-refractivity contribution is 5.82. The van der Waals surface area contributed by atoms with Gasteiger partial charge in [0.05, 0.1) is 11.6 Å². The zero-order valence-corrected chi connectivity index (χ0v) is 13.6. The summed E-state index contributed by atoms with van der Waals surface area (Å²) in [4.78, 5) is 14.3. The predicted octanol–water partition coefficient (Wildman–Crippen LogP) is 2.75. The molecule has 5 heteroatoms. The third-order valence-corrected chi connectivity index (χ3v) is 3.94. The Morgan fingerprint density at radius 1 is 1.17 bits per heavy atom. The maximum atomic E-state index is 12.7. The third-order valence-electron chi connectivity index (χ3n) is 3.94. The number of fused-ring (bicyclic) bond motifs is 1. The molecule has 122 valence electrons. The molecule has 0 fully saturated rings. The lowest BCUT2D eigenvalue weighted by Crippen LogP contribution is -2.49. The van der Waals surface area contributed by atoms with Gasteiger partial charge in [-0.2, -0.15) is 5.26 Å². The van der Waals surface area contributed by atoms with E-state index in [1.54, 1.807) is 30.1 Å². The third kappa shape index (κ3) is 3.18. The van der Waals surface area contributed by atoms with Crippen molar-refractivity contribution in [3.63, 3.8) is 0 Å². The molecule has 0 saturated carbocycles. The van der Waals surface area contributed by atoms with E-state index in [1.807, 2.05) is 37.3 Å². The summed E-state index contributed by atoms with van der Waals surface area (Å²) in [5.41, 5.74) is 1.47. The molecule has 1 heterocycles. The molecule has 2 aromatic carbocycles. The van der Waals surface area contributed by atoms with Crippen LogP contribution in [0.5, 0.6) is 11.5 Å². The van der Waals surface area contributed by atoms with Crippen molar-refractivity contribution in [3.8, 4) is 17.6 Å². The fraction of sp³-hybridized carbons (Fsp3) is 0.263. The van der Waals surface area contributed by atoms with E-state index in [2.05, 4.69) is 6.07 Å². The van der Waals surface area contributed by atoms with Crippen LogP contribution in [-0.2, 0) is 11.3 Å². The standard InChI is InChI=1S/C19H18N2O3/c1-13-18(24-17-9-4-3-8-16(17)23-13)19(22)21(2)12-15-7-5-6-14(10-15)11-20/h3-10,13,18H,12H2,1-2H3. The van der Waals surface area contributed by atoms with Gasteiger partial charge < -0.3 is 14.4 Å². The largest absolute Gasteiger partial charge is 0.482 e. The summed E-state index contributed by atoms with van der Waals surface area (Å²) in [7, 11) is 1.72. The number of carbonyl (C=O) groups excluding carboxylic acids is 1. The van der Waals surface area contributed by atoms with Gasteiger partial charge in [-0.05, 0) is 36.8 Å². The Hall–Kier alpha value is -3.00. The van der Waals surface area contributed by atoms with Crippen molar-refractivity contribution in [1.29, 1.82) is 5.26 Å². The lowest BCUT2D eigenvalue weighted by molar-refractivity contribution is -0.143. The van der Waals surface area contributed by atoms with Gasteiger partial charge in [-0.3, -0.25) is 4.79 Å². The van der Waals surface area contributed by atoms with E-state index in [0.29, 0.717) is 23.6 Å². The number of hydrogen-bond acceptors (Lipinski definition) is 4. The van der Waals surface area contributed by atoms with Crippen molar-refractivity contribution >= 4 is 5.91 Å². The predicted molar refractivity (Wildman–Crippen MR) is 88.6 cm³/mol. The van der Waals surface area contributed by atoms with Gasteiger partial charge in [0.25, 0.3) is 5.91 Å². The molecule has 2 unspecified atom stereocenters. The van der Waals surface area contributed by atoms with Crippen LogP contribution < -0.4 is 9.47 Å². The number of hydrogen-bond donors (Lipinski definition) is 0. The van der Waals surface area contributed by atoms with Gasteiger partial charge in [-0.1, -0.05) is 24.3 Å². The number of carbonyl (C=O) groups is 1. The van der Waals surface area contributed by atoms with Crippen molar-refractivity contribution in [3.05, 3.63) is 59.7 Å². The van der Waals surface area contributed by atoms with Gasteiger partial charge >= 0.3 is 0 Å². The van der Waals surface area contributed by atoms with Crippen LogP contribution in [0.1, 0.15) is 18.1 Å². The second kappa shape index (κ2) is 6.63. The van der Waals surface area contributed by atoms with Crippen LogP contribution in [-0.4, -0.2) is 30.1 Å². The molecule has 3 rings (SSSR count). The average molecular weight is 322 g/mol. The Kier molecular flexibility index (Phi) is 4.39. The maximum absolute atomic E-state index is 12.7. The number of nitrogens with zero attached hydrogens (tertiary/aromatic N) is 2. The zero-order valence-electron chi connectivity index (χ0n) is 13.6. The summed E-state index contributed by atoms with van der Waals surface area (Å²) < 4.78 is 11.6. The molecular formula is C19H18N2O3. The van der Waals surface area contributed by atoms with Gasteiger partial charge in [0, 0.05) is 13.6 Å². The number of nitriles is 1. The molecule has 2 aromatic rings. The van der Waals surface area contributed by atoms with Gasteiger partial charge in [-0.15, -0.1) is 0 Å². The van der Waals surface area contributed by atoms with E-state index >= 15 is 0 Å². The molecule has 0 N–H and O–H groups in total. The monoisotopic (exact) mass is 322 g/mol. The molecule has 0 spiro atoms. The number of para-hydroxylation sites is 2. The number of ether oxygens (including phenoxy) is 2. The average Bonchev–Trinajstić information content (AvgIpc) is 2.60. The van der Waals surface area contributed by atoms with Crippen molar-refractivity contribution < 1.29 is 14.3 Å². The fourth-order valence-corrected chi connectivity index (χ4v) is 2.70. The van der Waals surface area contributed by atoms with Crippen LogP contribution in [0.25, 0.3) is 0 Å². The lowest BCUT2D eigenvalue weighted by atomic mass is 10.1. The molecule has 24 heavy (non-hydrogen) atoms. The van der Waals surface area contributed by atoms with Crippen molar-refractivity contribution in [2.75, 3.05) is 7.05 Å². The molecule has 0 saturated heterocycles. The quantitative estimate of drug-likeness (QED) is 0.872. The van der Waals surface area contributed by atoms with Gasteiger partial charge in [0.1, 0.15) is 6.10 Å². The molecule has 5 nitrogen and oxygen atoms in total. The van der Waals surface area contributed by atoms with Crippen LogP contribution in [0.3, 0.4) is 0 Å². The van der Waals surface area contributed by atoms with Gasteiger partial charge in [0.2, 0.25) is 6.10 Å². The first-order valence-electron chi connectivity index (χ1n) is 7.75. The molecule has 0 radical (unpaired) electrons. The second-order valence-electron chi connectivity index (χ2n) is 5.81. The van der Waals surface area contributed by atoms with Crippen LogP contribution in [0.2, 0.25) is 0 Å². The molecule has 1 aliphatic heterocycles. The lowest BCUT2D eigenvalue weighted by Gasteiger charge is -2.33. The SMILES string of the molecule is CC1Oc2ccccc2OC1C(=O)N(C)Cc1cccc(C#N)c1. The van der Waals surface area contributed by atoms with Crippen LogP contribution in [0.15, 0.2) is 48.5 Å². The van der Waals surface area contributed by atoms with Crippen molar-refractivity contribution in [1.82, 2.24) is 4.90 Å². The highest BCUT2D eigenvalue weighted by atomic mass is 16.6. The fourth-order valence-electron chi connectivity index (χ4n) is 2.70. The second-order valence-corrected chi connectivity index (χ2v) is 5.81. The highest BCUT2D eigenvalue weighted by Gasteiger charge is 2.35. The smallest absolute Gasteiger partial charge is 0.267 e. The number of likely N-dealkylation sites (N-methyl/N-ethyl adjacent to an activating group) is 1. The van der Waals surface area contributed by atoms with E-state index in [-0.39, 0.29) is 12.0 Å². The molecule has 2 atom stereocenters. The first-order chi connectivity index (χ1) is 11.6. The Bertz CT molecular complexity index is 797. The Morgan fingerprint density at radius 3 is 2.58 bits per heavy atom. The number of rotatable bonds is 3. The molecule has 1 aliphatic rings. The Balaban J connectivity index is 1.73. The minimum atomic E-state index is -0.691. The van der Waals surface area contributed by atoms with E-state index in [4.69, 9.17) is 14.7 Å². The van der Waals surface area contributed by atoms with Crippen molar-refractivity contribution in [2.24, 2.45) is 0 Å². The Morgan fingerprint density at radius 2 is 1.88 bits per heavy atom. The molecule has 0 aromatic heterocycles. The maximum Gasteiger partial charge on any atom is 0.267 e. The van der Waals surface area contributed by atoms with Crippen LogP contribution >= 0.6 is 0 Å². The normalized spacial score (nSPS) is 18.5. The van der Waals surface area contributed by atoms with E-state index < -0.39 is 6.10 Å². The number of amides is 1. The first kappa shape index (κ1) is 15.9. The Labute approximate surface area is 141 Å². The van der Waals surface area contributed by atoms with Crippen molar-refractivity contribution in [2.45, 2.75) is 25.7 Å². The van der Waals surface area contributed by atoms with Crippen LogP contribution in [0.4, 0.5) is 0 Å². The summed E-state index contributed by atoms with van der Waals surface area (Å²) in [5, 5.41) is 8.97. The summed E-state index contributed by atoms with van der Waals surface area (Å²) in [5.74, 6) is 1.08. The molecule has 0 aliphatic carbocycles. The first-order valence-corrected chi connectivity index (χ1v) is 7.75. The summed E-state index contributed by atoms with van der Waals surface area (Å²) in [6, 6.07) is 16.6. The van der Waals surface area contributed by atoms with Gasteiger partial charge in [0.15, 0.2) is 11.5 Å². The minimum Gasteiger partial charge on any atom is -0.482 e.